The van der Waals surface area contributed by atoms with Gasteiger partial charge in [-0.1, -0.05) is 206 Å². The van der Waals surface area contributed by atoms with Crippen LogP contribution in [0.4, 0.5) is 0 Å². The SMILES string of the molecule is CCCCCCCCCCCCCCCCCCn1ccc(=O)n(CCCCCCCCCCCCCCCCCC)c1=O. The quantitative estimate of drug-likeness (QED) is 0.0723. The van der Waals surface area contributed by atoms with E-state index in [2.05, 4.69) is 13.8 Å². The van der Waals surface area contributed by atoms with Gasteiger partial charge in [0.1, 0.15) is 0 Å². The van der Waals surface area contributed by atoms with Gasteiger partial charge in [-0.25, -0.2) is 4.79 Å². The van der Waals surface area contributed by atoms with Crippen LogP contribution in [0.15, 0.2) is 21.9 Å². The van der Waals surface area contributed by atoms with Crippen LogP contribution in [-0.2, 0) is 13.1 Å². The number of hydrogen-bond acceptors (Lipinski definition) is 2. The zero-order valence-corrected chi connectivity index (χ0v) is 29.9. The molecule has 0 aliphatic rings. The Morgan fingerprint density at radius 2 is 0.659 bits per heavy atom. The second-order valence-electron chi connectivity index (χ2n) is 13.9. The molecular formula is C40H76N2O2. The molecule has 0 aliphatic carbocycles. The molecule has 0 unspecified atom stereocenters. The van der Waals surface area contributed by atoms with Crippen LogP contribution in [-0.4, -0.2) is 9.13 Å². The molecule has 0 saturated carbocycles. The van der Waals surface area contributed by atoms with Gasteiger partial charge in [-0.15, -0.1) is 0 Å². The first-order valence-electron chi connectivity index (χ1n) is 20.0. The molecule has 1 aromatic rings. The largest absolute Gasteiger partial charge is 0.330 e. The fourth-order valence-electron chi connectivity index (χ4n) is 6.58. The van der Waals surface area contributed by atoms with Gasteiger partial charge in [0.2, 0.25) is 0 Å². The lowest BCUT2D eigenvalue weighted by Crippen LogP contribution is -2.39. The third-order valence-electron chi connectivity index (χ3n) is 9.63. The van der Waals surface area contributed by atoms with Gasteiger partial charge in [0.15, 0.2) is 0 Å². The van der Waals surface area contributed by atoms with E-state index >= 15 is 0 Å². The lowest BCUT2D eigenvalue weighted by Gasteiger charge is -2.10. The van der Waals surface area contributed by atoms with Gasteiger partial charge in [-0.2, -0.15) is 0 Å². The number of rotatable bonds is 34. The maximum atomic E-state index is 12.9. The van der Waals surface area contributed by atoms with Crippen molar-refractivity contribution in [2.24, 2.45) is 0 Å². The van der Waals surface area contributed by atoms with Crippen LogP contribution < -0.4 is 11.2 Å². The van der Waals surface area contributed by atoms with Crippen molar-refractivity contribution in [3.8, 4) is 0 Å². The van der Waals surface area contributed by atoms with Gasteiger partial charge < -0.3 is 4.57 Å². The molecule has 0 spiro atoms. The molecule has 0 aromatic carbocycles. The van der Waals surface area contributed by atoms with E-state index in [-0.39, 0.29) is 11.2 Å². The molecule has 4 heteroatoms. The molecule has 0 fully saturated rings. The molecular weight excluding hydrogens is 540 g/mol. The number of hydrogen-bond donors (Lipinski definition) is 0. The highest BCUT2D eigenvalue weighted by Gasteiger charge is 2.05. The molecule has 0 N–H and O–H groups in total. The van der Waals surface area contributed by atoms with E-state index in [1.807, 2.05) is 0 Å². The van der Waals surface area contributed by atoms with E-state index in [0.717, 1.165) is 25.8 Å². The fraction of sp³-hybridized carbons (Fsp3) is 0.900. The van der Waals surface area contributed by atoms with Gasteiger partial charge in [-0.05, 0) is 12.8 Å². The van der Waals surface area contributed by atoms with Crippen molar-refractivity contribution in [2.75, 3.05) is 0 Å². The minimum absolute atomic E-state index is 0.112. The van der Waals surface area contributed by atoms with E-state index in [4.69, 9.17) is 0 Å². The maximum absolute atomic E-state index is 12.9. The summed E-state index contributed by atoms with van der Waals surface area (Å²) in [5, 5.41) is 0. The molecule has 0 aliphatic heterocycles. The van der Waals surface area contributed by atoms with E-state index < -0.39 is 0 Å². The highest BCUT2D eigenvalue weighted by Crippen LogP contribution is 2.15. The average molecular weight is 617 g/mol. The van der Waals surface area contributed by atoms with E-state index in [9.17, 15) is 9.59 Å². The van der Waals surface area contributed by atoms with Gasteiger partial charge in [-0.3, -0.25) is 9.36 Å². The summed E-state index contributed by atoms with van der Waals surface area (Å²) in [7, 11) is 0. The Balaban J connectivity index is 1.99. The first kappa shape index (κ1) is 40.7. The zero-order valence-electron chi connectivity index (χ0n) is 29.9. The molecule has 0 saturated heterocycles. The second kappa shape index (κ2) is 31.7. The van der Waals surface area contributed by atoms with Gasteiger partial charge in [0, 0.05) is 25.4 Å². The highest BCUT2D eigenvalue weighted by molar-refractivity contribution is 4.86. The number of aryl methyl sites for hydroxylation is 1. The summed E-state index contributed by atoms with van der Waals surface area (Å²) in [6, 6.07) is 1.58. The molecule has 1 aromatic heterocycles. The highest BCUT2D eigenvalue weighted by atomic mass is 16.2. The van der Waals surface area contributed by atoms with Crippen LogP contribution in [0.2, 0.25) is 0 Å². The Morgan fingerprint density at radius 3 is 0.977 bits per heavy atom. The minimum Gasteiger partial charge on any atom is -0.300 e. The Labute approximate surface area is 274 Å². The third kappa shape index (κ3) is 24.0. The first-order valence-corrected chi connectivity index (χ1v) is 20.0. The smallest absolute Gasteiger partial charge is 0.300 e. The van der Waals surface area contributed by atoms with Crippen LogP contribution in [0.3, 0.4) is 0 Å². The summed E-state index contributed by atoms with van der Waals surface area (Å²) in [6.07, 6.45) is 44.6. The fourth-order valence-corrected chi connectivity index (χ4v) is 6.58. The summed E-state index contributed by atoms with van der Waals surface area (Å²) < 4.78 is 3.23. The summed E-state index contributed by atoms with van der Waals surface area (Å²) in [4.78, 5) is 25.3. The summed E-state index contributed by atoms with van der Waals surface area (Å²) in [5.74, 6) is 0. The van der Waals surface area contributed by atoms with Crippen molar-refractivity contribution < 1.29 is 0 Å². The lowest BCUT2D eigenvalue weighted by molar-refractivity contribution is 0.483. The van der Waals surface area contributed by atoms with Gasteiger partial charge >= 0.3 is 5.69 Å². The number of nitrogens with zero attached hydrogens (tertiary/aromatic N) is 2. The first-order chi connectivity index (χ1) is 21.7. The predicted octanol–water partition coefficient (Wildman–Crippen LogP) is 12.5. The van der Waals surface area contributed by atoms with Crippen molar-refractivity contribution in [3.05, 3.63) is 33.1 Å². The van der Waals surface area contributed by atoms with Crippen LogP contribution in [0.1, 0.15) is 219 Å². The lowest BCUT2D eigenvalue weighted by atomic mass is 10.0. The molecule has 0 amide bonds. The van der Waals surface area contributed by atoms with Crippen LogP contribution in [0.25, 0.3) is 0 Å². The topological polar surface area (TPSA) is 44.0 Å². The van der Waals surface area contributed by atoms with E-state index in [1.165, 1.54) is 191 Å². The Morgan fingerprint density at radius 1 is 0.386 bits per heavy atom. The van der Waals surface area contributed by atoms with Crippen molar-refractivity contribution in [1.29, 1.82) is 0 Å². The van der Waals surface area contributed by atoms with E-state index in [1.54, 1.807) is 16.8 Å². The minimum atomic E-state index is -0.140. The summed E-state index contributed by atoms with van der Waals surface area (Å²) in [5.41, 5.74) is -0.251. The third-order valence-corrected chi connectivity index (χ3v) is 9.63. The van der Waals surface area contributed by atoms with Crippen LogP contribution in [0.5, 0.6) is 0 Å². The molecule has 1 rings (SSSR count). The molecule has 0 radical (unpaired) electrons. The van der Waals surface area contributed by atoms with Crippen LogP contribution >= 0.6 is 0 Å². The molecule has 1 heterocycles. The average Bonchev–Trinajstić information content (AvgIpc) is 3.03. The Hall–Kier alpha value is -1.32. The molecule has 44 heavy (non-hydrogen) atoms. The van der Waals surface area contributed by atoms with Crippen molar-refractivity contribution >= 4 is 0 Å². The van der Waals surface area contributed by atoms with Crippen molar-refractivity contribution in [3.63, 3.8) is 0 Å². The number of unbranched alkanes of at least 4 members (excludes halogenated alkanes) is 30. The molecule has 0 atom stereocenters. The normalized spacial score (nSPS) is 11.5. The molecule has 258 valence electrons. The summed E-state index contributed by atoms with van der Waals surface area (Å²) >= 11 is 0. The predicted molar refractivity (Wildman–Crippen MR) is 194 cm³/mol. The monoisotopic (exact) mass is 617 g/mol. The Kier molecular flexibility index (Phi) is 29.3. The van der Waals surface area contributed by atoms with Crippen LogP contribution in [0, 0.1) is 0 Å². The van der Waals surface area contributed by atoms with Gasteiger partial charge in [0.25, 0.3) is 5.56 Å². The van der Waals surface area contributed by atoms with E-state index in [0.29, 0.717) is 6.54 Å². The van der Waals surface area contributed by atoms with Crippen molar-refractivity contribution in [1.82, 2.24) is 9.13 Å². The zero-order chi connectivity index (χ0) is 31.8. The standard InChI is InChI=1S/C40H76N2O2/c1-3-5-7-9-11-13-15-17-19-21-23-25-27-29-31-33-36-41-38-35-39(43)42(40(41)44)37-34-32-30-28-26-24-22-20-18-16-14-12-10-8-6-4-2/h35,38H,3-34,36-37H2,1-2H3. The molecule has 0 bridgehead atoms. The summed E-state index contributed by atoms with van der Waals surface area (Å²) in [6.45, 7) is 5.87. The second-order valence-corrected chi connectivity index (χ2v) is 13.9. The molecule has 4 nitrogen and oxygen atoms in total. The van der Waals surface area contributed by atoms with Crippen molar-refractivity contribution in [2.45, 2.75) is 232 Å². The number of aromatic nitrogens is 2. The maximum Gasteiger partial charge on any atom is 0.330 e. The van der Waals surface area contributed by atoms with Gasteiger partial charge in [0.05, 0.1) is 0 Å². The Bertz CT molecular complexity index is 843.